The molecular weight excluding hydrogens is 358 g/mol. The van der Waals surface area contributed by atoms with Crippen LogP contribution >= 0.6 is 11.6 Å². The molecule has 1 N–H and O–H groups in total. The zero-order valence-electron chi connectivity index (χ0n) is 17.2. The highest BCUT2D eigenvalue weighted by atomic mass is 35.5. The van der Waals surface area contributed by atoms with Gasteiger partial charge in [-0.3, -0.25) is 0 Å². The highest BCUT2D eigenvalue weighted by molar-refractivity contribution is 6.73. The van der Waals surface area contributed by atoms with Crippen molar-refractivity contribution < 1.29 is 4.43 Å². The number of hydrogen-bond acceptors (Lipinski definition) is 2. The van der Waals surface area contributed by atoms with Crippen LogP contribution < -0.4 is 5.32 Å². The van der Waals surface area contributed by atoms with Gasteiger partial charge in [-0.25, -0.2) is 0 Å². The molecule has 1 aromatic carbocycles. The Morgan fingerprint density at radius 1 is 0.923 bits per heavy atom. The third-order valence-electron chi connectivity index (χ3n) is 5.09. The molecular formula is C22H40ClNOSi. The SMILES string of the molecule is CCCC[Si](CCCC)(CCCC)OC(CCl)CNCc1ccccc1. The molecule has 0 saturated carbocycles. The van der Waals surface area contributed by atoms with E-state index in [4.69, 9.17) is 16.0 Å². The zero-order valence-corrected chi connectivity index (χ0v) is 19.0. The summed E-state index contributed by atoms with van der Waals surface area (Å²) in [6.07, 6.45) is 7.80. The van der Waals surface area contributed by atoms with Gasteiger partial charge in [-0.2, -0.15) is 0 Å². The minimum Gasteiger partial charge on any atom is -0.411 e. The predicted molar refractivity (Wildman–Crippen MR) is 119 cm³/mol. The Labute approximate surface area is 168 Å². The summed E-state index contributed by atoms with van der Waals surface area (Å²) < 4.78 is 6.88. The highest BCUT2D eigenvalue weighted by Gasteiger charge is 2.35. The summed E-state index contributed by atoms with van der Waals surface area (Å²) in [5.41, 5.74) is 1.31. The van der Waals surface area contributed by atoms with Gasteiger partial charge in [-0.15, -0.1) is 11.6 Å². The molecule has 1 atom stereocenters. The molecule has 0 aliphatic rings. The summed E-state index contributed by atoms with van der Waals surface area (Å²) in [5, 5.41) is 3.56. The van der Waals surface area contributed by atoms with Crippen LogP contribution in [0.25, 0.3) is 0 Å². The van der Waals surface area contributed by atoms with Crippen LogP contribution in [0.5, 0.6) is 0 Å². The van der Waals surface area contributed by atoms with Crippen molar-refractivity contribution in [1.29, 1.82) is 0 Å². The van der Waals surface area contributed by atoms with Crippen LogP contribution in [0, 0.1) is 0 Å². The normalized spacial score (nSPS) is 13.1. The van der Waals surface area contributed by atoms with Crippen molar-refractivity contribution in [2.75, 3.05) is 12.4 Å². The lowest BCUT2D eigenvalue weighted by Gasteiger charge is -2.35. The van der Waals surface area contributed by atoms with Gasteiger partial charge in [0, 0.05) is 19.0 Å². The molecule has 1 unspecified atom stereocenters. The summed E-state index contributed by atoms with van der Waals surface area (Å²) in [4.78, 5) is 0. The van der Waals surface area contributed by atoms with Crippen LogP contribution in [0.3, 0.4) is 0 Å². The summed E-state index contributed by atoms with van der Waals surface area (Å²) in [6, 6.07) is 14.5. The molecule has 0 saturated heterocycles. The van der Waals surface area contributed by atoms with Crippen LogP contribution in [0.1, 0.15) is 64.9 Å². The van der Waals surface area contributed by atoms with Gasteiger partial charge in [0.05, 0.1) is 6.10 Å². The van der Waals surface area contributed by atoms with E-state index in [2.05, 4.69) is 56.4 Å². The van der Waals surface area contributed by atoms with Crippen molar-refractivity contribution >= 4 is 19.9 Å². The number of benzene rings is 1. The molecule has 0 bridgehead atoms. The van der Waals surface area contributed by atoms with Gasteiger partial charge in [0.25, 0.3) is 0 Å². The zero-order chi connectivity index (χ0) is 19.1. The third kappa shape index (κ3) is 9.54. The van der Waals surface area contributed by atoms with Gasteiger partial charge >= 0.3 is 0 Å². The number of alkyl halides is 1. The largest absolute Gasteiger partial charge is 0.411 e. The van der Waals surface area contributed by atoms with Gasteiger partial charge in [0.2, 0.25) is 0 Å². The van der Waals surface area contributed by atoms with Crippen molar-refractivity contribution in [2.24, 2.45) is 0 Å². The van der Waals surface area contributed by atoms with Crippen LogP contribution in [-0.4, -0.2) is 26.8 Å². The standard InChI is InChI=1S/C22H40ClNOSi/c1-4-7-15-26(16-8-5-2,17-9-6-3)25-22(18-23)20-24-19-21-13-11-10-12-14-21/h10-14,22,24H,4-9,15-20H2,1-3H3. The van der Waals surface area contributed by atoms with Crippen molar-refractivity contribution in [3.8, 4) is 0 Å². The third-order valence-corrected chi connectivity index (χ3v) is 10.1. The van der Waals surface area contributed by atoms with Gasteiger partial charge in [0.1, 0.15) is 0 Å². The van der Waals surface area contributed by atoms with Gasteiger partial charge < -0.3 is 9.74 Å². The smallest absolute Gasteiger partial charge is 0.193 e. The molecule has 0 radical (unpaired) electrons. The first-order valence-corrected chi connectivity index (χ1v) is 13.7. The number of unbranched alkanes of at least 4 members (excludes halogenated alkanes) is 3. The van der Waals surface area contributed by atoms with Crippen LogP contribution in [0.15, 0.2) is 30.3 Å². The second-order valence-corrected chi connectivity index (χ2v) is 11.9. The van der Waals surface area contributed by atoms with E-state index < -0.39 is 8.32 Å². The molecule has 4 heteroatoms. The van der Waals surface area contributed by atoms with Gasteiger partial charge in [-0.1, -0.05) is 89.6 Å². The van der Waals surface area contributed by atoms with Crippen molar-refractivity contribution in [2.45, 2.75) is 90.1 Å². The maximum Gasteiger partial charge on any atom is 0.193 e. The van der Waals surface area contributed by atoms with Crippen molar-refractivity contribution in [1.82, 2.24) is 5.32 Å². The van der Waals surface area contributed by atoms with E-state index in [-0.39, 0.29) is 6.10 Å². The Balaban J connectivity index is 2.65. The summed E-state index contributed by atoms with van der Waals surface area (Å²) in [6.45, 7) is 8.60. The first-order chi connectivity index (χ1) is 12.7. The molecule has 0 aliphatic heterocycles. The Kier molecular flexibility index (Phi) is 13.4. The molecule has 0 fully saturated rings. The molecule has 150 valence electrons. The summed E-state index contributed by atoms with van der Waals surface area (Å²) in [7, 11) is -1.70. The first-order valence-electron chi connectivity index (χ1n) is 10.7. The second-order valence-electron chi connectivity index (χ2n) is 7.50. The Morgan fingerprint density at radius 3 is 1.92 bits per heavy atom. The average molecular weight is 398 g/mol. The van der Waals surface area contributed by atoms with Gasteiger partial charge in [0.15, 0.2) is 8.32 Å². The predicted octanol–water partition coefficient (Wildman–Crippen LogP) is 6.75. The molecule has 0 aliphatic carbocycles. The van der Waals surface area contributed by atoms with E-state index in [9.17, 15) is 0 Å². The van der Waals surface area contributed by atoms with Crippen LogP contribution in [0.4, 0.5) is 0 Å². The van der Waals surface area contributed by atoms with E-state index in [0.717, 1.165) is 13.1 Å². The lowest BCUT2D eigenvalue weighted by atomic mass is 10.2. The average Bonchev–Trinajstić information content (AvgIpc) is 2.69. The molecule has 1 aromatic rings. The van der Waals surface area contributed by atoms with E-state index in [1.54, 1.807) is 0 Å². The quantitative estimate of drug-likeness (QED) is 0.246. The number of halogens is 1. The molecule has 0 spiro atoms. The first kappa shape index (κ1) is 23.7. The molecule has 2 nitrogen and oxygen atoms in total. The minimum absolute atomic E-state index is 0.137. The molecule has 26 heavy (non-hydrogen) atoms. The van der Waals surface area contributed by atoms with E-state index in [1.165, 1.54) is 62.2 Å². The van der Waals surface area contributed by atoms with E-state index >= 15 is 0 Å². The second kappa shape index (κ2) is 14.7. The lowest BCUT2D eigenvalue weighted by molar-refractivity contribution is 0.201. The monoisotopic (exact) mass is 397 g/mol. The lowest BCUT2D eigenvalue weighted by Crippen LogP contribution is -2.45. The molecule has 0 amide bonds. The fraction of sp³-hybridized carbons (Fsp3) is 0.727. The maximum absolute atomic E-state index is 6.88. The number of rotatable bonds is 16. The highest BCUT2D eigenvalue weighted by Crippen LogP contribution is 2.31. The fourth-order valence-electron chi connectivity index (χ4n) is 3.50. The number of nitrogens with one attached hydrogen (secondary N) is 1. The maximum atomic E-state index is 6.88. The fourth-order valence-corrected chi connectivity index (χ4v) is 8.75. The van der Waals surface area contributed by atoms with E-state index in [0.29, 0.717) is 5.88 Å². The molecule has 1 rings (SSSR count). The topological polar surface area (TPSA) is 21.3 Å². The molecule has 0 heterocycles. The van der Waals surface area contributed by atoms with Crippen LogP contribution in [-0.2, 0) is 11.0 Å². The van der Waals surface area contributed by atoms with E-state index in [1.807, 2.05) is 0 Å². The minimum atomic E-state index is -1.70. The number of hydrogen-bond donors (Lipinski definition) is 1. The summed E-state index contributed by atoms with van der Waals surface area (Å²) >= 11 is 6.31. The summed E-state index contributed by atoms with van der Waals surface area (Å²) in [5.74, 6) is 0.584. The Hall–Kier alpha value is -0.353. The van der Waals surface area contributed by atoms with Crippen molar-refractivity contribution in [3.63, 3.8) is 0 Å². The Morgan fingerprint density at radius 2 is 1.46 bits per heavy atom. The van der Waals surface area contributed by atoms with Crippen LogP contribution in [0.2, 0.25) is 18.1 Å². The Bertz CT molecular complexity index is 421. The van der Waals surface area contributed by atoms with Crippen molar-refractivity contribution in [3.05, 3.63) is 35.9 Å². The van der Waals surface area contributed by atoms with Gasteiger partial charge in [-0.05, 0) is 23.7 Å². The molecule has 0 aromatic heterocycles.